The van der Waals surface area contributed by atoms with Crippen LogP contribution in [0, 0.1) is 0 Å². The van der Waals surface area contributed by atoms with E-state index >= 15 is 0 Å². The van der Waals surface area contributed by atoms with Crippen molar-refractivity contribution in [2.45, 2.75) is 6.92 Å². The van der Waals surface area contributed by atoms with E-state index in [1.165, 1.54) is 12.5 Å². The molecule has 0 amide bonds. The molecule has 2 aromatic heterocycles. The molecule has 0 bridgehead atoms. The minimum Gasteiger partial charge on any atom is -0.462 e. The molecule has 0 fully saturated rings. The lowest BCUT2D eigenvalue weighted by Gasteiger charge is -2.10. The zero-order chi connectivity index (χ0) is 22.3. The maximum Gasteiger partial charge on any atom is 0.340 e. The number of nitrogens with zero attached hydrogens (tertiary/aromatic N) is 3. The number of fused-ring (bicyclic) bond motifs is 1. The number of rotatable bonds is 7. The van der Waals surface area contributed by atoms with Gasteiger partial charge in [0, 0.05) is 4.88 Å². The minimum atomic E-state index is -0.413. The van der Waals surface area contributed by atoms with E-state index in [0.717, 1.165) is 20.7 Å². The number of para-hydroxylation sites is 1. The second kappa shape index (κ2) is 10.1. The standard InChI is InChI=1S/C23H19N5O2S2/c1-2-30-23(29)16-10-6-7-11-17(16)27-20(31)13-26-28-22-21-18(24-14-25-22)12-19(32-21)15-8-4-3-5-9-15/h3-14H,2H2,1H3,(H,27,31)(H,24,25,28)/b26-13-. The summed E-state index contributed by atoms with van der Waals surface area (Å²) in [5.41, 5.74) is 5.85. The van der Waals surface area contributed by atoms with Crippen LogP contribution in [0.15, 0.2) is 72.1 Å². The molecule has 7 nitrogen and oxygen atoms in total. The Balaban J connectivity index is 1.47. The Morgan fingerprint density at radius 1 is 1.16 bits per heavy atom. The van der Waals surface area contributed by atoms with Gasteiger partial charge in [0.2, 0.25) is 0 Å². The van der Waals surface area contributed by atoms with Crippen molar-refractivity contribution in [3.63, 3.8) is 0 Å². The Labute approximate surface area is 194 Å². The van der Waals surface area contributed by atoms with E-state index in [1.54, 1.807) is 36.5 Å². The van der Waals surface area contributed by atoms with Gasteiger partial charge in [0.15, 0.2) is 5.82 Å². The largest absolute Gasteiger partial charge is 0.462 e. The summed E-state index contributed by atoms with van der Waals surface area (Å²) in [6.07, 6.45) is 2.95. The number of thiocarbonyl (C=S) groups is 1. The first kappa shape index (κ1) is 21.5. The minimum absolute atomic E-state index is 0.297. The van der Waals surface area contributed by atoms with Gasteiger partial charge in [0.05, 0.1) is 34.3 Å². The first-order valence-corrected chi connectivity index (χ1v) is 11.0. The van der Waals surface area contributed by atoms with Crippen LogP contribution in [0.1, 0.15) is 17.3 Å². The second-order valence-corrected chi connectivity index (χ2v) is 8.03. The van der Waals surface area contributed by atoms with Crippen molar-refractivity contribution in [1.29, 1.82) is 0 Å². The summed E-state index contributed by atoms with van der Waals surface area (Å²) in [4.78, 5) is 22.2. The van der Waals surface area contributed by atoms with Crippen LogP contribution in [0.2, 0.25) is 0 Å². The fraction of sp³-hybridized carbons (Fsp3) is 0.0870. The lowest BCUT2D eigenvalue weighted by atomic mass is 10.2. The monoisotopic (exact) mass is 461 g/mol. The molecule has 160 valence electrons. The van der Waals surface area contributed by atoms with Gasteiger partial charge in [-0.05, 0) is 30.7 Å². The Morgan fingerprint density at radius 2 is 1.94 bits per heavy atom. The van der Waals surface area contributed by atoms with Gasteiger partial charge >= 0.3 is 5.97 Å². The van der Waals surface area contributed by atoms with Gasteiger partial charge in [-0.1, -0.05) is 54.7 Å². The van der Waals surface area contributed by atoms with E-state index in [-0.39, 0.29) is 0 Å². The molecule has 0 aliphatic heterocycles. The van der Waals surface area contributed by atoms with Crippen molar-refractivity contribution >= 4 is 62.4 Å². The summed E-state index contributed by atoms with van der Waals surface area (Å²) in [6, 6.07) is 19.1. The predicted octanol–water partition coefficient (Wildman–Crippen LogP) is 5.37. The SMILES string of the molecule is CCOC(=O)c1ccccc1NC(=S)/C=N\Nc1ncnc2cc(-c3ccccc3)sc12. The summed E-state index contributed by atoms with van der Waals surface area (Å²) in [5, 5.41) is 7.21. The number of thiophene rings is 1. The van der Waals surface area contributed by atoms with E-state index in [9.17, 15) is 4.79 Å². The van der Waals surface area contributed by atoms with Crippen molar-refractivity contribution in [1.82, 2.24) is 9.97 Å². The average molecular weight is 462 g/mol. The number of esters is 1. The van der Waals surface area contributed by atoms with Crippen LogP contribution in [0.25, 0.3) is 20.7 Å². The third kappa shape index (κ3) is 4.96. The zero-order valence-corrected chi connectivity index (χ0v) is 18.7. The highest BCUT2D eigenvalue weighted by atomic mass is 32.1. The Kier molecular flexibility index (Phi) is 6.78. The van der Waals surface area contributed by atoms with Crippen LogP contribution in [0.5, 0.6) is 0 Å². The third-order valence-corrected chi connectivity index (χ3v) is 5.79. The van der Waals surface area contributed by atoms with Gasteiger partial charge in [0.1, 0.15) is 11.3 Å². The number of anilines is 2. The fourth-order valence-corrected chi connectivity index (χ4v) is 4.19. The highest BCUT2D eigenvalue weighted by molar-refractivity contribution is 7.82. The van der Waals surface area contributed by atoms with Gasteiger partial charge in [-0.25, -0.2) is 14.8 Å². The molecule has 0 spiro atoms. The predicted molar refractivity (Wildman–Crippen MR) is 134 cm³/mol. The molecule has 0 aliphatic carbocycles. The molecule has 2 N–H and O–H groups in total. The number of benzene rings is 2. The molecule has 0 unspecified atom stereocenters. The van der Waals surface area contributed by atoms with Crippen LogP contribution >= 0.6 is 23.6 Å². The van der Waals surface area contributed by atoms with Gasteiger partial charge < -0.3 is 10.1 Å². The van der Waals surface area contributed by atoms with E-state index in [2.05, 4.69) is 37.9 Å². The van der Waals surface area contributed by atoms with Crippen molar-refractivity contribution in [3.8, 4) is 10.4 Å². The van der Waals surface area contributed by atoms with Crippen LogP contribution in [0.4, 0.5) is 11.5 Å². The molecule has 0 radical (unpaired) electrons. The Bertz CT molecular complexity index is 1290. The van der Waals surface area contributed by atoms with Gasteiger partial charge in [-0.2, -0.15) is 5.10 Å². The van der Waals surface area contributed by atoms with E-state index in [0.29, 0.717) is 28.7 Å². The number of hydrazone groups is 1. The highest BCUT2D eigenvalue weighted by Gasteiger charge is 2.12. The molecule has 4 aromatic rings. The molecule has 0 aliphatic rings. The van der Waals surface area contributed by atoms with E-state index < -0.39 is 5.97 Å². The fourth-order valence-electron chi connectivity index (χ4n) is 2.97. The quantitative estimate of drug-likeness (QED) is 0.165. The molecule has 32 heavy (non-hydrogen) atoms. The molecule has 0 atom stereocenters. The molecule has 2 aromatic carbocycles. The van der Waals surface area contributed by atoms with Crippen LogP contribution in [0.3, 0.4) is 0 Å². The number of ether oxygens (including phenoxy) is 1. The Morgan fingerprint density at radius 3 is 2.75 bits per heavy atom. The third-order valence-electron chi connectivity index (χ3n) is 4.40. The summed E-state index contributed by atoms with van der Waals surface area (Å²) >= 11 is 6.93. The smallest absolute Gasteiger partial charge is 0.340 e. The normalized spacial score (nSPS) is 10.9. The number of hydrogen-bond acceptors (Lipinski definition) is 8. The van der Waals surface area contributed by atoms with Crippen molar-refractivity contribution in [3.05, 3.63) is 72.6 Å². The number of carbonyl (C=O) groups is 1. The molecule has 4 rings (SSSR count). The number of aromatic nitrogens is 2. The maximum absolute atomic E-state index is 12.1. The molecule has 0 saturated heterocycles. The lowest BCUT2D eigenvalue weighted by Crippen LogP contribution is -2.15. The van der Waals surface area contributed by atoms with Crippen molar-refractivity contribution < 1.29 is 9.53 Å². The van der Waals surface area contributed by atoms with Crippen molar-refractivity contribution in [2.24, 2.45) is 5.10 Å². The highest BCUT2D eigenvalue weighted by Crippen LogP contribution is 2.35. The summed E-state index contributed by atoms with van der Waals surface area (Å²) < 4.78 is 5.98. The summed E-state index contributed by atoms with van der Waals surface area (Å²) in [5.74, 6) is 0.178. The average Bonchev–Trinajstić information content (AvgIpc) is 3.25. The van der Waals surface area contributed by atoms with Gasteiger partial charge in [-0.15, -0.1) is 11.3 Å². The first-order valence-electron chi connectivity index (χ1n) is 9.82. The van der Waals surface area contributed by atoms with Crippen LogP contribution in [-0.2, 0) is 4.74 Å². The number of carbonyl (C=O) groups excluding carboxylic acids is 1. The Hall–Kier alpha value is -3.69. The summed E-state index contributed by atoms with van der Waals surface area (Å²) in [6.45, 7) is 2.06. The van der Waals surface area contributed by atoms with E-state index in [1.807, 2.05) is 30.3 Å². The topological polar surface area (TPSA) is 88.5 Å². The van der Waals surface area contributed by atoms with Crippen molar-refractivity contribution in [2.75, 3.05) is 17.3 Å². The first-order chi connectivity index (χ1) is 15.7. The summed E-state index contributed by atoms with van der Waals surface area (Å²) in [7, 11) is 0. The van der Waals surface area contributed by atoms with Gasteiger partial charge in [0.25, 0.3) is 0 Å². The molecule has 0 saturated carbocycles. The molecular weight excluding hydrogens is 442 g/mol. The van der Waals surface area contributed by atoms with Gasteiger partial charge in [-0.3, -0.25) is 5.43 Å². The molecule has 9 heteroatoms. The maximum atomic E-state index is 12.1. The van der Waals surface area contributed by atoms with E-state index in [4.69, 9.17) is 17.0 Å². The van der Waals surface area contributed by atoms with Crippen LogP contribution in [-0.4, -0.2) is 33.7 Å². The number of hydrogen-bond donors (Lipinski definition) is 2. The molecular formula is C23H19N5O2S2. The second-order valence-electron chi connectivity index (χ2n) is 6.54. The molecule has 2 heterocycles. The lowest BCUT2D eigenvalue weighted by molar-refractivity contribution is 0.0527. The number of nitrogens with one attached hydrogen (secondary N) is 2. The van der Waals surface area contributed by atoms with Crippen LogP contribution < -0.4 is 10.7 Å². The zero-order valence-electron chi connectivity index (χ0n) is 17.1.